The minimum absolute atomic E-state index is 0.636. The molecule has 0 spiro atoms. The Balaban J connectivity index is 1.14. The molecular weight excluding hydrogens is 659 g/mol. The molecule has 0 N–H and O–H groups in total. The van der Waals surface area contributed by atoms with Crippen LogP contribution in [0.1, 0.15) is 0 Å². The average Bonchev–Trinajstić information content (AvgIpc) is 3.74. The van der Waals surface area contributed by atoms with Crippen LogP contribution < -0.4 is 0 Å². The molecule has 5 heteroatoms. The van der Waals surface area contributed by atoms with Crippen molar-refractivity contribution in [3.8, 4) is 45.5 Å². The Hall–Kier alpha value is -7.37. The molecule has 0 bridgehead atoms. The molecule has 11 rings (SSSR count). The molecular formula is C49H31N5. The predicted octanol–water partition coefficient (Wildman–Crippen LogP) is 12.2. The van der Waals surface area contributed by atoms with Crippen molar-refractivity contribution < 1.29 is 0 Å². The normalized spacial score (nSPS) is 11.7. The molecule has 54 heavy (non-hydrogen) atoms. The second kappa shape index (κ2) is 12.1. The molecule has 0 fully saturated rings. The van der Waals surface area contributed by atoms with Crippen LogP contribution in [0.2, 0.25) is 0 Å². The van der Waals surface area contributed by atoms with E-state index in [4.69, 9.17) is 15.0 Å². The Morgan fingerprint density at radius 1 is 0.278 bits per heavy atom. The van der Waals surface area contributed by atoms with Crippen molar-refractivity contribution in [2.45, 2.75) is 0 Å². The fourth-order valence-electron chi connectivity index (χ4n) is 7.99. The highest BCUT2D eigenvalue weighted by Crippen LogP contribution is 2.41. The molecule has 0 saturated heterocycles. The minimum Gasteiger partial charge on any atom is -0.309 e. The van der Waals surface area contributed by atoms with Crippen LogP contribution in [-0.2, 0) is 0 Å². The number of aromatic nitrogens is 5. The zero-order valence-corrected chi connectivity index (χ0v) is 29.1. The average molecular weight is 690 g/mol. The van der Waals surface area contributed by atoms with Crippen molar-refractivity contribution in [1.29, 1.82) is 0 Å². The van der Waals surface area contributed by atoms with Gasteiger partial charge in [-0.2, -0.15) is 0 Å². The van der Waals surface area contributed by atoms with E-state index in [1.807, 2.05) is 60.7 Å². The van der Waals surface area contributed by atoms with Crippen molar-refractivity contribution in [1.82, 2.24) is 24.1 Å². The maximum atomic E-state index is 4.99. The Bertz CT molecular complexity index is 3120. The van der Waals surface area contributed by atoms with Gasteiger partial charge in [0, 0.05) is 49.6 Å². The van der Waals surface area contributed by atoms with Gasteiger partial charge >= 0.3 is 0 Å². The van der Waals surface area contributed by atoms with Gasteiger partial charge in [-0.1, -0.05) is 121 Å². The van der Waals surface area contributed by atoms with Gasteiger partial charge in [-0.05, 0) is 77.5 Å². The van der Waals surface area contributed by atoms with Crippen LogP contribution in [0.3, 0.4) is 0 Å². The van der Waals surface area contributed by atoms with Crippen molar-refractivity contribution >= 4 is 54.4 Å². The number of benzene rings is 8. The highest BCUT2D eigenvalue weighted by Gasteiger charge is 2.20. The van der Waals surface area contributed by atoms with Crippen molar-refractivity contribution in [2.75, 3.05) is 0 Å². The Kier molecular flexibility index (Phi) is 6.79. The van der Waals surface area contributed by atoms with Gasteiger partial charge in [-0.15, -0.1) is 0 Å². The van der Waals surface area contributed by atoms with E-state index in [0.29, 0.717) is 17.5 Å². The van der Waals surface area contributed by atoms with Gasteiger partial charge < -0.3 is 9.13 Å². The van der Waals surface area contributed by atoms with Crippen LogP contribution in [0.4, 0.5) is 0 Å². The Labute approximate surface area is 311 Å². The first-order valence-electron chi connectivity index (χ1n) is 18.2. The van der Waals surface area contributed by atoms with Gasteiger partial charge in [-0.25, -0.2) is 15.0 Å². The van der Waals surface area contributed by atoms with Crippen LogP contribution in [-0.4, -0.2) is 24.1 Å². The fraction of sp³-hybridized carbons (Fsp3) is 0. The zero-order chi connectivity index (χ0) is 35.6. The maximum absolute atomic E-state index is 4.99. The van der Waals surface area contributed by atoms with E-state index in [1.165, 1.54) is 43.4 Å². The van der Waals surface area contributed by atoms with E-state index in [0.717, 1.165) is 39.1 Å². The van der Waals surface area contributed by atoms with Crippen molar-refractivity contribution in [3.05, 3.63) is 188 Å². The lowest BCUT2D eigenvalue weighted by Crippen LogP contribution is -2.00. The zero-order valence-electron chi connectivity index (χ0n) is 29.1. The number of para-hydroxylation sites is 2. The van der Waals surface area contributed by atoms with Gasteiger partial charge in [0.15, 0.2) is 17.5 Å². The summed E-state index contributed by atoms with van der Waals surface area (Å²) in [6, 6.07) is 66.3. The molecule has 0 atom stereocenters. The summed E-state index contributed by atoms with van der Waals surface area (Å²) in [6.45, 7) is 0. The lowest BCUT2D eigenvalue weighted by molar-refractivity contribution is 1.07. The molecule has 0 aliphatic rings. The summed E-state index contributed by atoms with van der Waals surface area (Å²) >= 11 is 0. The molecule has 0 radical (unpaired) electrons. The minimum atomic E-state index is 0.636. The fourth-order valence-corrected chi connectivity index (χ4v) is 7.99. The highest BCUT2D eigenvalue weighted by molar-refractivity contribution is 6.20. The highest BCUT2D eigenvalue weighted by atomic mass is 15.0. The molecule has 0 aliphatic heterocycles. The molecule has 5 nitrogen and oxygen atoms in total. The number of nitrogens with zero attached hydrogens (tertiary/aromatic N) is 5. The first-order chi connectivity index (χ1) is 26.8. The van der Waals surface area contributed by atoms with Crippen LogP contribution in [0.15, 0.2) is 188 Å². The third-order valence-electron chi connectivity index (χ3n) is 10.5. The number of rotatable bonds is 5. The third kappa shape index (κ3) is 4.83. The molecule has 252 valence electrons. The van der Waals surface area contributed by atoms with E-state index in [9.17, 15) is 0 Å². The summed E-state index contributed by atoms with van der Waals surface area (Å²) in [7, 11) is 0. The monoisotopic (exact) mass is 689 g/mol. The van der Waals surface area contributed by atoms with Gasteiger partial charge in [0.2, 0.25) is 0 Å². The molecule has 0 amide bonds. The largest absolute Gasteiger partial charge is 0.309 e. The summed E-state index contributed by atoms with van der Waals surface area (Å²) < 4.78 is 4.80. The number of fused-ring (bicyclic) bond motifs is 7. The van der Waals surface area contributed by atoms with E-state index in [1.54, 1.807) is 0 Å². The van der Waals surface area contributed by atoms with Crippen LogP contribution in [0.5, 0.6) is 0 Å². The third-order valence-corrected chi connectivity index (χ3v) is 10.5. The molecule has 3 heterocycles. The summed E-state index contributed by atoms with van der Waals surface area (Å²) in [5.41, 5.74) is 9.72. The van der Waals surface area contributed by atoms with E-state index >= 15 is 0 Å². The summed E-state index contributed by atoms with van der Waals surface area (Å²) in [6.07, 6.45) is 0. The topological polar surface area (TPSA) is 48.5 Å². The standard InChI is InChI=1S/C49H31N5/c1-4-14-32(15-5-1)47-50-48(33-16-6-2-7-17-33)52-49(51-47)34-24-26-38(27-25-34)54-44-29-36-19-11-10-18-35(36)28-40(44)42-30-41-39-22-12-13-23-43(39)53(45(41)31-46(42)54)37-20-8-3-9-21-37/h1-31H. The lowest BCUT2D eigenvalue weighted by atomic mass is 10.0. The second-order valence-corrected chi connectivity index (χ2v) is 13.7. The number of hydrogen-bond acceptors (Lipinski definition) is 3. The first kappa shape index (κ1) is 30.3. The Morgan fingerprint density at radius 3 is 1.33 bits per heavy atom. The molecule has 0 unspecified atom stereocenters. The van der Waals surface area contributed by atoms with E-state index in [2.05, 4.69) is 137 Å². The van der Waals surface area contributed by atoms with Crippen molar-refractivity contribution in [3.63, 3.8) is 0 Å². The maximum Gasteiger partial charge on any atom is 0.164 e. The molecule has 0 aliphatic carbocycles. The number of hydrogen-bond donors (Lipinski definition) is 0. The summed E-state index contributed by atoms with van der Waals surface area (Å²) in [4.78, 5) is 14.9. The smallest absolute Gasteiger partial charge is 0.164 e. The van der Waals surface area contributed by atoms with Gasteiger partial charge in [-0.3, -0.25) is 0 Å². The predicted molar refractivity (Wildman–Crippen MR) is 222 cm³/mol. The second-order valence-electron chi connectivity index (χ2n) is 13.7. The van der Waals surface area contributed by atoms with Gasteiger partial charge in [0.05, 0.1) is 22.1 Å². The molecule has 0 saturated carbocycles. The Morgan fingerprint density at radius 2 is 0.704 bits per heavy atom. The first-order valence-corrected chi connectivity index (χ1v) is 18.2. The lowest BCUT2D eigenvalue weighted by Gasteiger charge is -2.12. The van der Waals surface area contributed by atoms with Crippen LogP contribution in [0.25, 0.3) is 99.9 Å². The van der Waals surface area contributed by atoms with Gasteiger partial charge in [0.25, 0.3) is 0 Å². The van der Waals surface area contributed by atoms with E-state index in [-0.39, 0.29) is 0 Å². The van der Waals surface area contributed by atoms with Crippen LogP contribution in [0, 0.1) is 0 Å². The molecule has 8 aromatic carbocycles. The van der Waals surface area contributed by atoms with E-state index < -0.39 is 0 Å². The quantitative estimate of drug-likeness (QED) is 0.181. The van der Waals surface area contributed by atoms with Crippen LogP contribution >= 0.6 is 0 Å². The summed E-state index contributed by atoms with van der Waals surface area (Å²) in [5, 5.41) is 7.37. The SMILES string of the molecule is c1ccc(-c2nc(-c3ccccc3)nc(-c3ccc(-n4c5cc6ccccc6cc5c5cc6c7ccccc7n(-c7ccccc7)c6cc54)cc3)n2)cc1. The molecule has 11 aromatic rings. The van der Waals surface area contributed by atoms with Gasteiger partial charge in [0.1, 0.15) is 0 Å². The summed E-state index contributed by atoms with van der Waals surface area (Å²) in [5.74, 6) is 1.93. The van der Waals surface area contributed by atoms with Crippen molar-refractivity contribution in [2.24, 2.45) is 0 Å². The molecule has 3 aromatic heterocycles.